The average molecular weight is 638 g/mol. The van der Waals surface area contributed by atoms with Gasteiger partial charge in [-0.2, -0.15) is 0 Å². The van der Waals surface area contributed by atoms with E-state index >= 15 is 0 Å². The molecule has 0 saturated carbocycles. The number of hydrogen-bond acceptors (Lipinski definition) is 6. The zero-order valence-corrected chi connectivity index (χ0v) is 24.6. The summed E-state index contributed by atoms with van der Waals surface area (Å²) in [5.41, 5.74) is -1.16. The van der Waals surface area contributed by atoms with E-state index in [0.29, 0.717) is 22.0 Å². The highest BCUT2D eigenvalue weighted by Crippen LogP contribution is 2.47. The number of nitrogens with zero attached hydrogens (tertiary/aromatic N) is 2. The smallest absolute Gasteiger partial charge is 0.410 e. The van der Waals surface area contributed by atoms with Crippen molar-refractivity contribution in [1.82, 2.24) is 15.4 Å². The van der Waals surface area contributed by atoms with Gasteiger partial charge in [0.15, 0.2) is 17.4 Å². The van der Waals surface area contributed by atoms with Crippen molar-refractivity contribution in [3.8, 4) is 11.3 Å². The minimum absolute atomic E-state index is 0.0326. The van der Waals surface area contributed by atoms with Crippen LogP contribution in [0.3, 0.4) is 0 Å². The van der Waals surface area contributed by atoms with Crippen LogP contribution in [0, 0.1) is 17.5 Å². The number of ether oxygens (including phenoxy) is 1. The molecular formula is C29H31BrF3N3O5. The van der Waals surface area contributed by atoms with Crippen LogP contribution in [0.25, 0.3) is 11.3 Å². The summed E-state index contributed by atoms with van der Waals surface area (Å²) >= 11 is 3.52. The zero-order valence-electron chi connectivity index (χ0n) is 23.1. The molecule has 41 heavy (non-hydrogen) atoms. The van der Waals surface area contributed by atoms with Gasteiger partial charge < -0.3 is 24.6 Å². The lowest BCUT2D eigenvalue weighted by molar-refractivity contribution is -0.118. The van der Waals surface area contributed by atoms with E-state index in [1.807, 2.05) is 0 Å². The molecule has 0 aliphatic carbocycles. The van der Waals surface area contributed by atoms with E-state index in [9.17, 15) is 27.9 Å². The van der Waals surface area contributed by atoms with Gasteiger partial charge in [0.05, 0.1) is 10.4 Å². The number of carbonyl (C=O) groups excluding carboxylic acids is 2. The number of nitrogens with one attached hydrogen (secondary N) is 1. The number of rotatable bonds is 6. The number of carbonyl (C=O) groups is 2. The van der Waals surface area contributed by atoms with Crippen molar-refractivity contribution in [2.45, 2.75) is 57.7 Å². The number of aromatic nitrogens is 1. The van der Waals surface area contributed by atoms with E-state index in [2.05, 4.69) is 26.4 Å². The highest BCUT2D eigenvalue weighted by Gasteiger charge is 2.48. The topological polar surface area (TPSA) is 105 Å². The van der Waals surface area contributed by atoms with Crippen LogP contribution in [-0.4, -0.2) is 52.4 Å². The fourth-order valence-electron chi connectivity index (χ4n) is 4.90. The van der Waals surface area contributed by atoms with Gasteiger partial charge in [0.2, 0.25) is 5.91 Å². The molecule has 2 aromatic carbocycles. The molecule has 0 radical (unpaired) electrons. The van der Waals surface area contributed by atoms with E-state index in [-0.39, 0.29) is 49.0 Å². The number of halogens is 4. The summed E-state index contributed by atoms with van der Waals surface area (Å²) in [6.07, 6.45) is -0.340. The molecule has 12 heteroatoms. The maximum Gasteiger partial charge on any atom is 0.410 e. The van der Waals surface area contributed by atoms with E-state index < -0.39 is 40.7 Å². The van der Waals surface area contributed by atoms with Gasteiger partial charge in [-0.3, -0.25) is 4.79 Å². The molecule has 8 nitrogen and oxygen atoms in total. The molecule has 1 fully saturated rings. The van der Waals surface area contributed by atoms with Crippen LogP contribution >= 0.6 is 15.9 Å². The fourth-order valence-corrected chi connectivity index (χ4v) is 5.53. The minimum atomic E-state index is -1.76. The number of amides is 2. The highest BCUT2D eigenvalue weighted by atomic mass is 79.9. The van der Waals surface area contributed by atoms with Crippen molar-refractivity contribution < 1.29 is 37.1 Å². The molecule has 2 amide bonds. The van der Waals surface area contributed by atoms with Gasteiger partial charge >= 0.3 is 6.09 Å². The summed E-state index contributed by atoms with van der Waals surface area (Å²) in [7, 11) is 0. The van der Waals surface area contributed by atoms with Crippen LogP contribution in [-0.2, 0) is 21.6 Å². The monoisotopic (exact) mass is 637 g/mol. The van der Waals surface area contributed by atoms with E-state index in [1.54, 1.807) is 20.8 Å². The fraction of sp³-hybridized carbons (Fsp3) is 0.414. The summed E-state index contributed by atoms with van der Waals surface area (Å²) in [5.74, 6) is -3.61. The van der Waals surface area contributed by atoms with Crippen LogP contribution in [0.1, 0.15) is 56.9 Å². The molecule has 1 aromatic heterocycles. The number of piperidine rings is 1. The van der Waals surface area contributed by atoms with Gasteiger partial charge in [0.1, 0.15) is 22.7 Å². The second-order valence-corrected chi connectivity index (χ2v) is 11.8. The molecule has 4 rings (SSSR count). The molecule has 1 aliphatic heterocycles. The Bertz CT molecular complexity index is 1460. The van der Waals surface area contributed by atoms with Crippen LogP contribution in [0.4, 0.5) is 18.0 Å². The van der Waals surface area contributed by atoms with Crippen molar-refractivity contribution in [2.24, 2.45) is 0 Å². The Morgan fingerprint density at radius 3 is 2.59 bits per heavy atom. The van der Waals surface area contributed by atoms with Crippen molar-refractivity contribution in [1.29, 1.82) is 0 Å². The van der Waals surface area contributed by atoms with E-state index in [1.165, 1.54) is 36.1 Å². The third-order valence-electron chi connectivity index (χ3n) is 6.88. The van der Waals surface area contributed by atoms with Crippen LogP contribution < -0.4 is 5.32 Å². The van der Waals surface area contributed by atoms with E-state index in [0.717, 1.165) is 12.1 Å². The molecule has 2 atom stereocenters. The molecular weight excluding hydrogens is 607 g/mol. The predicted molar refractivity (Wildman–Crippen MR) is 147 cm³/mol. The van der Waals surface area contributed by atoms with Gasteiger partial charge in [-0.25, -0.2) is 18.0 Å². The maximum absolute atomic E-state index is 14.3. The van der Waals surface area contributed by atoms with Gasteiger partial charge in [0, 0.05) is 32.1 Å². The second kappa shape index (κ2) is 11.8. The summed E-state index contributed by atoms with van der Waals surface area (Å²) in [4.78, 5) is 25.7. The predicted octanol–water partition coefficient (Wildman–Crippen LogP) is 5.81. The minimum Gasteiger partial charge on any atom is -0.444 e. The summed E-state index contributed by atoms with van der Waals surface area (Å²) in [6, 6.07) is 7.26. The summed E-state index contributed by atoms with van der Waals surface area (Å²) < 4.78 is 53.8. The Morgan fingerprint density at radius 2 is 1.93 bits per heavy atom. The lowest BCUT2D eigenvalue weighted by Gasteiger charge is -2.44. The normalized spacial score (nSPS) is 19.2. The van der Waals surface area contributed by atoms with Crippen LogP contribution in [0.2, 0.25) is 0 Å². The highest BCUT2D eigenvalue weighted by molar-refractivity contribution is 9.10. The quantitative estimate of drug-likeness (QED) is 0.353. The molecule has 1 saturated heterocycles. The first-order chi connectivity index (χ1) is 19.2. The third kappa shape index (κ3) is 6.75. The molecule has 1 aliphatic rings. The number of hydrogen-bond donors (Lipinski definition) is 2. The van der Waals surface area contributed by atoms with Crippen LogP contribution in [0.5, 0.6) is 0 Å². The molecule has 3 aromatic rings. The van der Waals surface area contributed by atoms with Crippen molar-refractivity contribution in [3.05, 3.63) is 75.1 Å². The lowest BCUT2D eigenvalue weighted by atomic mass is 9.74. The molecule has 0 bridgehead atoms. The van der Waals surface area contributed by atoms with Gasteiger partial charge in [-0.15, -0.1) is 0 Å². The van der Waals surface area contributed by atoms with Gasteiger partial charge in [-0.05, 0) is 91.0 Å². The van der Waals surface area contributed by atoms with Crippen molar-refractivity contribution in [3.63, 3.8) is 0 Å². The summed E-state index contributed by atoms with van der Waals surface area (Å²) in [5, 5.41) is 18.9. The number of benzene rings is 2. The molecule has 2 heterocycles. The van der Waals surface area contributed by atoms with E-state index in [4.69, 9.17) is 9.26 Å². The standard InChI is InChI=1S/C29H31BrF3N3O5/c1-16(37)34-11-9-17-13-19(31)6-7-20(17)26-24(30)25(35-41-26)21-15-36(27(38)40-28(2,3)4)12-10-29(21,39)18-5-8-22(32)23(33)14-18/h5-8,13-14,21,39H,9-12,15H2,1-4H3,(H,34,37)/t21-,29+/m1/s1. The lowest BCUT2D eigenvalue weighted by Crippen LogP contribution is -2.51. The third-order valence-corrected chi connectivity index (χ3v) is 7.65. The molecule has 0 spiro atoms. The first-order valence-electron chi connectivity index (χ1n) is 13.0. The Hall–Kier alpha value is -3.38. The van der Waals surface area contributed by atoms with Gasteiger partial charge in [0.25, 0.3) is 0 Å². The first kappa shape index (κ1) is 30.6. The van der Waals surface area contributed by atoms with Crippen molar-refractivity contribution >= 4 is 27.9 Å². The number of aliphatic hydroxyl groups is 1. The Kier molecular flexibility index (Phi) is 8.84. The maximum atomic E-state index is 14.3. The van der Waals surface area contributed by atoms with Gasteiger partial charge in [-0.1, -0.05) is 11.2 Å². The Morgan fingerprint density at radius 1 is 1.20 bits per heavy atom. The molecule has 220 valence electrons. The Labute approximate surface area is 244 Å². The van der Waals surface area contributed by atoms with Crippen molar-refractivity contribution in [2.75, 3.05) is 19.6 Å². The zero-order chi connectivity index (χ0) is 30.1. The average Bonchev–Trinajstić information content (AvgIpc) is 3.25. The second-order valence-electron chi connectivity index (χ2n) is 11.0. The summed E-state index contributed by atoms with van der Waals surface area (Å²) in [6.45, 7) is 6.84. The Balaban J connectivity index is 1.77. The van der Waals surface area contributed by atoms with Crippen LogP contribution in [0.15, 0.2) is 45.4 Å². The number of likely N-dealkylation sites (tertiary alicyclic amines) is 1. The molecule has 0 unspecified atom stereocenters. The largest absolute Gasteiger partial charge is 0.444 e. The first-order valence-corrected chi connectivity index (χ1v) is 13.8. The molecule has 2 N–H and O–H groups in total. The SMILES string of the molecule is CC(=O)NCCc1cc(F)ccc1-c1onc([C@H]2CN(C(=O)OC(C)(C)C)CC[C@]2(O)c2ccc(F)c(F)c2)c1Br.